The average molecular weight is 291 g/mol. The molecule has 0 bridgehead atoms. The number of carbonyl (C=O) groups is 1. The van der Waals surface area contributed by atoms with Crippen LogP contribution in [0.1, 0.15) is 19.3 Å². The van der Waals surface area contributed by atoms with E-state index in [-0.39, 0.29) is 11.7 Å². The highest BCUT2D eigenvalue weighted by Crippen LogP contribution is 2.31. The maximum Gasteiger partial charge on any atom is 0.234 e. The Hall–Kier alpha value is -1.15. The van der Waals surface area contributed by atoms with Crippen molar-refractivity contribution in [3.05, 3.63) is 0 Å². The lowest BCUT2D eigenvalue weighted by atomic mass is 9.78. The zero-order chi connectivity index (χ0) is 14.3. The molecule has 110 valence electrons. The third kappa shape index (κ3) is 4.17. The summed E-state index contributed by atoms with van der Waals surface area (Å²) in [4.78, 5) is 12.3. The Morgan fingerprint density at radius 2 is 2.16 bits per heavy atom. The smallest absolute Gasteiger partial charge is 0.234 e. The Bertz CT molecular complexity index is 367. The van der Waals surface area contributed by atoms with Gasteiger partial charge < -0.3 is 21.0 Å². The molecule has 1 fully saturated rings. The lowest BCUT2D eigenvalue weighted by molar-refractivity contribution is -0.131. The van der Waals surface area contributed by atoms with E-state index < -0.39 is 16.2 Å². The SMILES string of the molecule is CS(=O)CCCNC(=O)C1(C(N)=NO)CCOCC1. The molecule has 0 saturated carbocycles. The van der Waals surface area contributed by atoms with Crippen LogP contribution in [0.15, 0.2) is 5.16 Å². The van der Waals surface area contributed by atoms with Crippen LogP contribution in [-0.2, 0) is 20.3 Å². The Labute approximate surface area is 115 Å². The summed E-state index contributed by atoms with van der Waals surface area (Å²) in [6, 6.07) is 0. The monoisotopic (exact) mass is 291 g/mol. The van der Waals surface area contributed by atoms with Crippen molar-refractivity contribution in [2.75, 3.05) is 31.8 Å². The van der Waals surface area contributed by atoms with Gasteiger partial charge in [0.2, 0.25) is 5.91 Å². The second kappa shape index (κ2) is 7.44. The Kier molecular flexibility index (Phi) is 6.23. The number of nitrogens with zero attached hydrogens (tertiary/aromatic N) is 1. The molecule has 1 aliphatic heterocycles. The summed E-state index contributed by atoms with van der Waals surface area (Å²) in [6.45, 7) is 1.24. The Balaban J connectivity index is 2.60. The number of nitrogens with two attached hydrogens (primary N) is 1. The summed E-state index contributed by atoms with van der Waals surface area (Å²) in [5, 5.41) is 14.6. The number of ether oxygens (including phenoxy) is 1. The molecule has 0 aromatic rings. The lowest BCUT2D eigenvalue weighted by Gasteiger charge is -2.34. The molecular formula is C11H21N3O4S. The number of amides is 1. The van der Waals surface area contributed by atoms with Gasteiger partial charge in [-0.25, -0.2) is 0 Å². The van der Waals surface area contributed by atoms with E-state index in [0.717, 1.165) is 0 Å². The number of rotatable bonds is 6. The molecular weight excluding hydrogens is 270 g/mol. The van der Waals surface area contributed by atoms with Crippen LogP contribution in [0.4, 0.5) is 0 Å². The summed E-state index contributed by atoms with van der Waals surface area (Å²) >= 11 is 0. The van der Waals surface area contributed by atoms with Gasteiger partial charge in [-0.05, 0) is 19.3 Å². The van der Waals surface area contributed by atoms with Crippen LogP contribution in [-0.4, -0.2) is 52.9 Å². The van der Waals surface area contributed by atoms with Gasteiger partial charge in [0, 0.05) is 42.6 Å². The summed E-state index contributed by atoms with van der Waals surface area (Å²) < 4.78 is 16.1. The van der Waals surface area contributed by atoms with Gasteiger partial charge in [0.15, 0.2) is 5.84 Å². The molecule has 0 aromatic heterocycles. The molecule has 7 nitrogen and oxygen atoms in total. The van der Waals surface area contributed by atoms with Gasteiger partial charge in [-0.1, -0.05) is 5.16 Å². The predicted octanol–water partition coefficient (Wildman–Crippen LogP) is -0.586. The maximum absolute atomic E-state index is 12.3. The number of amidine groups is 1. The number of carbonyl (C=O) groups excluding carboxylic acids is 1. The predicted molar refractivity (Wildman–Crippen MR) is 72.5 cm³/mol. The van der Waals surface area contributed by atoms with Crippen LogP contribution in [0.25, 0.3) is 0 Å². The maximum atomic E-state index is 12.3. The molecule has 1 rings (SSSR count). The van der Waals surface area contributed by atoms with E-state index in [1.165, 1.54) is 0 Å². The van der Waals surface area contributed by atoms with Crippen molar-refractivity contribution in [2.24, 2.45) is 16.3 Å². The fourth-order valence-corrected chi connectivity index (χ4v) is 2.61. The number of hydrogen-bond donors (Lipinski definition) is 3. The third-order valence-electron chi connectivity index (χ3n) is 3.27. The minimum absolute atomic E-state index is 0.0765. The van der Waals surface area contributed by atoms with E-state index in [1.54, 1.807) is 6.26 Å². The van der Waals surface area contributed by atoms with Gasteiger partial charge >= 0.3 is 0 Å². The molecule has 8 heteroatoms. The molecule has 1 unspecified atom stereocenters. The van der Waals surface area contributed by atoms with E-state index in [9.17, 15) is 9.00 Å². The highest BCUT2D eigenvalue weighted by molar-refractivity contribution is 7.84. The van der Waals surface area contributed by atoms with Gasteiger partial charge in [-0.3, -0.25) is 9.00 Å². The molecule has 4 N–H and O–H groups in total. The lowest BCUT2D eigenvalue weighted by Crippen LogP contribution is -2.53. The molecule has 1 atom stereocenters. The second-order valence-corrected chi connectivity index (χ2v) is 6.12. The highest BCUT2D eigenvalue weighted by atomic mass is 32.2. The van der Waals surface area contributed by atoms with Gasteiger partial charge in [0.05, 0.1) is 0 Å². The van der Waals surface area contributed by atoms with Crippen molar-refractivity contribution in [1.29, 1.82) is 0 Å². The second-order valence-electron chi connectivity index (χ2n) is 4.57. The van der Waals surface area contributed by atoms with Crippen molar-refractivity contribution in [1.82, 2.24) is 5.32 Å². The number of hydrogen-bond acceptors (Lipinski definition) is 5. The zero-order valence-corrected chi connectivity index (χ0v) is 11.9. The first-order valence-corrected chi connectivity index (χ1v) is 7.90. The Morgan fingerprint density at radius 3 is 2.68 bits per heavy atom. The van der Waals surface area contributed by atoms with Gasteiger partial charge in [-0.15, -0.1) is 0 Å². The van der Waals surface area contributed by atoms with E-state index in [2.05, 4.69) is 10.5 Å². The van der Waals surface area contributed by atoms with Crippen LogP contribution in [0, 0.1) is 5.41 Å². The summed E-state index contributed by atoms with van der Waals surface area (Å²) in [7, 11) is -0.866. The minimum atomic E-state index is -0.988. The largest absolute Gasteiger partial charge is 0.409 e. The fourth-order valence-electron chi connectivity index (χ4n) is 2.06. The molecule has 0 aliphatic carbocycles. The standard InChI is InChI=1S/C11H21N3O4S/c1-19(17)8-2-5-13-10(15)11(9(12)14-16)3-6-18-7-4-11/h16H,2-8H2,1H3,(H2,12,14)(H,13,15). The van der Waals surface area contributed by atoms with Gasteiger partial charge in [0.1, 0.15) is 5.41 Å². The molecule has 0 radical (unpaired) electrons. The quantitative estimate of drug-likeness (QED) is 0.199. The molecule has 1 saturated heterocycles. The fraction of sp³-hybridized carbons (Fsp3) is 0.818. The molecule has 0 aromatic carbocycles. The van der Waals surface area contributed by atoms with Crippen LogP contribution in [0.3, 0.4) is 0 Å². The normalized spacial score (nSPS) is 20.8. The van der Waals surface area contributed by atoms with Gasteiger partial charge in [-0.2, -0.15) is 0 Å². The van der Waals surface area contributed by atoms with Crippen molar-refractivity contribution in [3.63, 3.8) is 0 Å². The summed E-state index contributed by atoms with van der Waals surface area (Å²) in [5.41, 5.74) is 4.68. The van der Waals surface area contributed by atoms with Crippen molar-refractivity contribution >= 4 is 22.5 Å². The molecule has 1 amide bonds. The van der Waals surface area contributed by atoms with Crippen LogP contribution >= 0.6 is 0 Å². The first-order valence-electron chi connectivity index (χ1n) is 6.17. The van der Waals surface area contributed by atoms with Crippen molar-refractivity contribution in [2.45, 2.75) is 19.3 Å². The minimum Gasteiger partial charge on any atom is -0.409 e. The molecule has 1 aliphatic rings. The molecule has 19 heavy (non-hydrogen) atoms. The van der Waals surface area contributed by atoms with E-state index in [0.29, 0.717) is 44.8 Å². The highest BCUT2D eigenvalue weighted by Gasteiger charge is 2.44. The topological polar surface area (TPSA) is 114 Å². The average Bonchev–Trinajstić information content (AvgIpc) is 2.42. The molecule has 1 heterocycles. The number of nitrogens with one attached hydrogen (secondary N) is 1. The van der Waals surface area contributed by atoms with E-state index in [1.807, 2.05) is 0 Å². The van der Waals surface area contributed by atoms with E-state index >= 15 is 0 Å². The van der Waals surface area contributed by atoms with Crippen molar-refractivity contribution in [3.8, 4) is 0 Å². The molecule has 0 spiro atoms. The van der Waals surface area contributed by atoms with Crippen LogP contribution in [0.2, 0.25) is 0 Å². The van der Waals surface area contributed by atoms with Crippen LogP contribution < -0.4 is 11.1 Å². The van der Waals surface area contributed by atoms with E-state index in [4.69, 9.17) is 15.7 Å². The van der Waals surface area contributed by atoms with Gasteiger partial charge in [0.25, 0.3) is 0 Å². The van der Waals surface area contributed by atoms with Crippen molar-refractivity contribution < 1.29 is 18.9 Å². The first kappa shape index (κ1) is 15.9. The number of oxime groups is 1. The third-order valence-corrected chi connectivity index (χ3v) is 4.14. The zero-order valence-electron chi connectivity index (χ0n) is 11.1. The first-order chi connectivity index (χ1) is 9.03. The summed E-state index contributed by atoms with van der Waals surface area (Å²) in [5.74, 6) is 0.209. The van der Waals surface area contributed by atoms with Crippen LogP contribution in [0.5, 0.6) is 0 Å². The summed E-state index contributed by atoms with van der Waals surface area (Å²) in [6.07, 6.45) is 3.05. The Morgan fingerprint density at radius 1 is 1.53 bits per heavy atom.